The Kier molecular flexibility index (Phi) is 7.30. The molecular formula is C16H24O4. The summed E-state index contributed by atoms with van der Waals surface area (Å²) in [7, 11) is 1.63. The van der Waals surface area contributed by atoms with Gasteiger partial charge in [-0.2, -0.15) is 0 Å². The van der Waals surface area contributed by atoms with Crippen LogP contribution in [0.4, 0.5) is 0 Å². The van der Waals surface area contributed by atoms with Crippen LogP contribution in [0.2, 0.25) is 0 Å². The number of benzene rings is 1. The molecule has 0 spiro atoms. The average molecular weight is 280 g/mol. The van der Waals surface area contributed by atoms with Gasteiger partial charge in [-0.1, -0.05) is 25.1 Å². The summed E-state index contributed by atoms with van der Waals surface area (Å²) in [5, 5.41) is 19.1. The number of aliphatic hydroxyl groups excluding tert-OH is 2. The van der Waals surface area contributed by atoms with Crippen molar-refractivity contribution in [2.24, 2.45) is 11.8 Å². The lowest BCUT2D eigenvalue weighted by atomic mass is 9.93. The predicted molar refractivity (Wildman–Crippen MR) is 78.6 cm³/mol. The Morgan fingerprint density at radius 2 is 1.95 bits per heavy atom. The summed E-state index contributed by atoms with van der Waals surface area (Å²) in [6.07, 6.45) is 0.929. The Hall–Kier alpha value is -1.36. The van der Waals surface area contributed by atoms with Gasteiger partial charge in [0.05, 0.1) is 33.0 Å². The number of hydrogen-bond donors (Lipinski definition) is 2. The first-order valence-corrected chi connectivity index (χ1v) is 6.74. The van der Waals surface area contributed by atoms with Crippen LogP contribution in [-0.2, 0) is 11.3 Å². The van der Waals surface area contributed by atoms with Crippen LogP contribution in [0, 0.1) is 11.8 Å². The summed E-state index contributed by atoms with van der Waals surface area (Å²) in [5.74, 6) is 0.437. The molecule has 0 aliphatic rings. The molecular weight excluding hydrogens is 256 g/mol. The molecule has 3 atom stereocenters. The van der Waals surface area contributed by atoms with Crippen molar-refractivity contribution in [3.63, 3.8) is 0 Å². The second-order valence-corrected chi connectivity index (χ2v) is 4.91. The first-order valence-electron chi connectivity index (χ1n) is 6.74. The highest BCUT2D eigenvalue weighted by molar-refractivity contribution is 5.26. The molecule has 0 amide bonds. The number of methoxy groups -OCH3 is 1. The molecule has 0 heterocycles. The van der Waals surface area contributed by atoms with Crippen LogP contribution >= 0.6 is 0 Å². The zero-order valence-corrected chi connectivity index (χ0v) is 12.2. The van der Waals surface area contributed by atoms with Crippen LogP contribution in [0.1, 0.15) is 12.5 Å². The lowest BCUT2D eigenvalue weighted by Gasteiger charge is -2.23. The van der Waals surface area contributed by atoms with Gasteiger partial charge in [0, 0.05) is 11.8 Å². The summed E-state index contributed by atoms with van der Waals surface area (Å²) in [5.41, 5.74) is 1.05. The summed E-state index contributed by atoms with van der Waals surface area (Å²) in [4.78, 5) is 0. The SMILES string of the molecule is C=C[C@@H](CO)[C@H](O)[C@H](C)COCc1ccc(OC)cc1. The molecule has 4 heteroatoms. The van der Waals surface area contributed by atoms with Gasteiger partial charge in [0.2, 0.25) is 0 Å². The van der Waals surface area contributed by atoms with E-state index in [0.717, 1.165) is 11.3 Å². The molecule has 0 aromatic heterocycles. The molecule has 0 fully saturated rings. The summed E-state index contributed by atoms with van der Waals surface area (Å²) >= 11 is 0. The molecule has 112 valence electrons. The fraction of sp³-hybridized carbons (Fsp3) is 0.500. The molecule has 20 heavy (non-hydrogen) atoms. The third-order valence-corrected chi connectivity index (χ3v) is 3.34. The van der Waals surface area contributed by atoms with Gasteiger partial charge in [0.1, 0.15) is 5.75 Å². The molecule has 0 saturated heterocycles. The van der Waals surface area contributed by atoms with Gasteiger partial charge < -0.3 is 19.7 Å². The zero-order valence-electron chi connectivity index (χ0n) is 12.2. The highest BCUT2D eigenvalue weighted by Crippen LogP contribution is 2.16. The average Bonchev–Trinajstić information content (AvgIpc) is 2.49. The first-order chi connectivity index (χ1) is 9.62. The van der Waals surface area contributed by atoms with Crippen molar-refractivity contribution in [1.82, 2.24) is 0 Å². The lowest BCUT2D eigenvalue weighted by molar-refractivity contribution is -0.00138. The van der Waals surface area contributed by atoms with Crippen LogP contribution in [0.25, 0.3) is 0 Å². The van der Waals surface area contributed by atoms with Crippen LogP contribution in [0.3, 0.4) is 0 Å². The second kappa shape index (κ2) is 8.74. The first kappa shape index (κ1) is 16.7. The third-order valence-electron chi connectivity index (χ3n) is 3.34. The molecule has 1 aromatic rings. The number of aliphatic hydroxyl groups is 2. The normalized spacial score (nSPS) is 15.4. The minimum Gasteiger partial charge on any atom is -0.497 e. The van der Waals surface area contributed by atoms with E-state index in [0.29, 0.717) is 13.2 Å². The van der Waals surface area contributed by atoms with Gasteiger partial charge in [0.25, 0.3) is 0 Å². The minimum absolute atomic E-state index is 0.0663. The van der Waals surface area contributed by atoms with Crippen molar-refractivity contribution in [1.29, 1.82) is 0 Å². The maximum absolute atomic E-state index is 10.0. The Balaban J connectivity index is 2.37. The van der Waals surface area contributed by atoms with Crippen molar-refractivity contribution in [3.8, 4) is 5.75 Å². The smallest absolute Gasteiger partial charge is 0.118 e. The van der Waals surface area contributed by atoms with Crippen molar-refractivity contribution < 1.29 is 19.7 Å². The Morgan fingerprint density at radius 1 is 1.30 bits per heavy atom. The lowest BCUT2D eigenvalue weighted by Crippen LogP contribution is -2.31. The van der Waals surface area contributed by atoms with Crippen molar-refractivity contribution in [3.05, 3.63) is 42.5 Å². The van der Waals surface area contributed by atoms with Gasteiger partial charge in [-0.25, -0.2) is 0 Å². The van der Waals surface area contributed by atoms with E-state index in [1.165, 1.54) is 0 Å². The largest absolute Gasteiger partial charge is 0.497 e. The molecule has 0 unspecified atom stereocenters. The van der Waals surface area contributed by atoms with Crippen molar-refractivity contribution in [2.75, 3.05) is 20.3 Å². The van der Waals surface area contributed by atoms with Gasteiger partial charge in [-0.3, -0.25) is 0 Å². The Morgan fingerprint density at radius 3 is 2.45 bits per heavy atom. The molecule has 0 radical (unpaired) electrons. The maximum atomic E-state index is 10.0. The van der Waals surface area contributed by atoms with Crippen LogP contribution in [0.5, 0.6) is 5.75 Å². The van der Waals surface area contributed by atoms with E-state index in [4.69, 9.17) is 14.6 Å². The van der Waals surface area contributed by atoms with Crippen LogP contribution in [-0.4, -0.2) is 36.6 Å². The molecule has 1 aromatic carbocycles. The van der Waals surface area contributed by atoms with Gasteiger partial charge in [0.15, 0.2) is 0 Å². The molecule has 4 nitrogen and oxygen atoms in total. The zero-order chi connectivity index (χ0) is 15.0. The number of rotatable bonds is 9. The molecule has 0 aliphatic carbocycles. The van der Waals surface area contributed by atoms with Crippen LogP contribution in [0.15, 0.2) is 36.9 Å². The topological polar surface area (TPSA) is 58.9 Å². The highest BCUT2D eigenvalue weighted by atomic mass is 16.5. The highest BCUT2D eigenvalue weighted by Gasteiger charge is 2.21. The van der Waals surface area contributed by atoms with E-state index in [-0.39, 0.29) is 18.4 Å². The summed E-state index contributed by atoms with van der Waals surface area (Å²) < 4.78 is 10.7. The Bertz CT molecular complexity index is 388. The monoisotopic (exact) mass is 280 g/mol. The van der Waals surface area contributed by atoms with Crippen molar-refractivity contribution in [2.45, 2.75) is 19.6 Å². The minimum atomic E-state index is -0.645. The number of ether oxygens (including phenoxy) is 2. The summed E-state index contributed by atoms with van der Waals surface area (Å²) in [6, 6.07) is 7.66. The third kappa shape index (κ3) is 4.96. The van der Waals surface area contributed by atoms with Crippen molar-refractivity contribution >= 4 is 0 Å². The van der Waals surface area contributed by atoms with E-state index < -0.39 is 6.10 Å². The van der Waals surface area contributed by atoms with Gasteiger partial charge in [-0.05, 0) is 17.7 Å². The van der Waals surface area contributed by atoms with E-state index in [1.54, 1.807) is 13.2 Å². The Labute approximate surface area is 120 Å². The van der Waals surface area contributed by atoms with E-state index in [2.05, 4.69) is 6.58 Å². The molecule has 0 bridgehead atoms. The standard InChI is InChI=1S/C16H24O4/c1-4-14(9-17)16(18)12(2)10-20-11-13-5-7-15(19-3)8-6-13/h4-8,12,14,16-18H,1,9-11H2,2-3H3/t12-,14+,16-/m1/s1. The maximum Gasteiger partial charge on any atom is 0.118 e. The fourth-order valence-corrected chi connectivity index (χ4v) is 1.93. The molecule has 0 saturated carbocycles. The molecule has 1 rings (SSSR count). The predicted octanol–water partition coefficient (Wildman–Crippen LogP) is 2.00. The fourth-order valence-electron chi connectivity index (χ4n) is 1.93. The van der Waals surface area contributed by atoms with Gasteiger partial charge >= 0.3 is 0 Å². The van der Waals surface area contributed by atoms with Crippen LogP contribution < -0.4 is 4.74 Å². The quantitative estimate of drug-likeness (QED) is 0.679. The van der Waals surface area contributed by atoms with E-state index >= 15 is 0 Å². The molecule has 2 N–H and O–H groups in total. The van der Waals surface area contributed by atoms with Gasteiger partial charge in [-0.15, -0.1) is 6.58 Å². The molecule has 0 aliphatic heterocycles. The second-order valence-electron chi connectivity index (χ2n) is 4.91. The summed E-state index contributed by atoms with van der Waals surface area (Å²) in [6.45, 7) is 6.31. The van der Waals surface area contributed by atoms with E-state index in [9.17, 15) is 5.11 Å². The van der Waals surface area contributed by atoms with E-state index in [1.807, 2.05) is 31.2 Å². The number of hydrogen-bond acceptors (Lipinski definition) is 4.